The standard InChI is InChI=1S/C17H22N6O2/c1-21-8-10-22(11-9-21)16-14(4-2-5-18-16)12-20-15(24)13-23-7-3-6-19-17(23)25/h2-7H,8-13H2,1H3,(H,20,24). The van der Waals surface area contributed by atoms with E-state index in [1.807, 2.05) is 12.1 Å². The van der Waals surface area contributed by atoms with Crippen LogP contribution in [0.25, 0.3) is 0 Å². The third-order valence-electron chi connectivity index (χ3n) is 4.24. The zero-order chi connectivity index (χ0) is 17.6. The molecule has 2 aromatic rings. The molecule has 8 nitrogen and oxygen atoms in total. The highest BCUT2D eigenvalue weighted by atomic mass is 16.2. The molecule has 0 aliphatic carbocycles. The molecule has 132 valence electrons. The molecule has 1 saturated heterocycles. The zero-order valence-corrected chi connectivity index (χ0v) is 14.3. The first-order valence-electron chi connectivity index (χ1n) is 8.29. The number of hydrogen-bond acceptors (Lipinski definition) is 6. The van der Waals surface area contributed by atoms with Crippen molar-refractivity contribution < 1.29 is 4.79 Å². The quantitative estimate of drug-likeness (QED) is 0.804. The van der Waals surface area contributed by atoms with Gasteiger partial charge in [-0.2, -0.15) is 0 Å². The molecule has 0 atom stereocenters. The molecule has 8 heteroatoms. The molecule has 3 heterocycles. The summed E-state index contributed by atoms with van der Waals surface area (Å²) in [7, 11) is 2.11. The van der Waals surface area contributed by atoms with Crippen LogP contribution >= 0.6 is 0 Å². The lowest BCUT2D eigenvalue weighted by molar-refractivity contribution is -0.121. The first kappa shape index (κ1) is 17.1. The Morgan fingerprint density at radius 1 is 1.16 bits per heavy atom. The molecule has 1 amide bonds. The Kier molecular flexibility index (Phi) is 5.39. The van der Waals surface area contributed by atoms with Crippen LogP contribution in [-0.4, -0.2) is 58.6 Å². The summed E-state index contributed by atoms with van der Waals surface area (Å²) in [5, 5.41) is 2.86. The van der Waals surface area contributed by atoms with Crippen molar-refractivity contribution in [1.29, 1.82) is 0 Å². The van der Waals surface area contributed by atoms with Crippen LogP contribution in [0.5, 0.6) is 0 Å². The Labute approximate surface area is 146 Å². The number of nitrogens with one attached hydrogen (secondary N) is 1. The van der Waals surface area contributed by atoms with E-state index in [-0.39, 0.29) is 12.5 Å². The first-order valence-corrected chi connectivity index (χ1v) is 8.29. The number of amides is 1. The molecule has 1 N–H and O–H groups in total. The average molecular weight is 342 g/mol. The molecule has 0 saturated carbocycles. The number of nitrogens with zero attached hydrogens (tertiary/aromatic N) is 5. The minimum atomic E-state index is -0.433. The zero-order valence-electron chi connectivity index (χ0n) is 14.3. The summed E-state index contributed by atoms with van der Waals surface area (Å²) in [6, 6.07) is 5.46. The van der Waals surface area contributed by atoms with Gasteiger partial charge in [0, 0.05) is 56.9 Å². The Balaban J connectivity index is 1.62. The van der Waals surface area contributed by atoms with Crippen LogP contribution in [0.15, 0.2) is 41.6 Å². The maximum Gasteiger partial charge on any atom is 0.347 e. The van der Waals surface area contributed by atoms with E-state index in [4.69, 9.17) is 0 Å². The fourth-order valence-electron chi connectivity index (χ4n) is 2.78. The molecule has 0 spiro atoms. The Hall–Kier alpha value is -2.74. The number of carbonyl (C=O) groups is 1. The van der Waals surface area contributed by atoms with E-state index in [2.05, 4.69) is 32.1 Å². The van der Waals surface area contributed by atoms with Crippen molar-refractivity contribution in [3.05, 3.63) is 52.8 Å². The van der Waals surface area contributed by atoms with Crippen LogP contribution < -0.4 is 15.9 Å². The number of aromatic nitrogens is 3. The molecule has 1 aliphatic rings. The van der Waals surface area contributed by atoms with Gasteiger partial charge in [0.1, 0.15) is 12.4 Å². The van der Waals surface area contributed by atoms with Gasteiger partial charge in [0.2, 0.25) is 5.91 Å². The number of carbonyl (C=O) groups excluding carboxylic acids is 1. The fraction of sp³-hybridized carbons (Fsp3) is 0.412. The second-order valence-corrected chi connectivity index (χ2v) is 6.08. The van der Waals surface area contributed by atoms with Gasteiger partial charge in [-0.1, -0.05) is 6.07 Å². The molecule has 2 aromatic heterocycles. The van der Waals surface area contributed by atoms with Crippen molar-refractivity contribution in [2.45, 2.75) is 13.1 Å². The third-order valence-corrected chi connectivity index (χ3v) is 4.24. The summed E-state index contributed by atoms with van der Waals surface area (Å²) in [6.07, 6.45) is 4.73. The molecule has 3 rings (SSSR count). The molecular formula is C17H22N6O2. The van der Waals surface area contributed by atoms with Gasteiger partial charge in [-0.25, -0.2) is 14.8 Å². The highest BCUT2D eigenvalue weighted by Crippen LogP contribution is 2.18. The summed E-state index contributed by atoms with van der Waals surface area (Å²) >= 11 is 0. The predicted molar refractivity (Wildman–Crippen MR) is 94.3 cm³/mol. The van der Waals surface area contributed by atoms with Gasteiger partial charge in [0.25, 0.3) is 0 Å². The predicted octanol–water partition coefficient (Wildman–Crippen LogP) is -0.293. The van der Waals surface area contributed by atoms with Crippen LogP contribution in [-0.2, 0) is 17.9 Å². The second kappa shape index (κ2) is 7.89. The van der Waals surface area contributed by atoms with Crippen LogP contribution in [0.1, 0.15) is 5.56 Å². The Morgan fingerprint density at radius 2 is 1.92 bits per heavy atom. The Bertz CT molecular complexity index is 782. The van der Waals surface area contributed by atoms with Crippen molar-refractivity contribution >= 4 is 11.7 Å². The van der Waals surface area contributed by atoms with Crippen LogP contribution in [0, 0.1) is 0 Å². The van der Waals surface area contributed by atoms with Gasteiger partial charge in [0.15, 0.2) is 0 Å². The number of pyridine rings is 1. The van der Waals surface area contributed by atoms with Crippen molar-refractivity contribution in [1.82, 2.24) is 24.8 Å². The van der Waals surface area contributed by atoms with Crippen molar-refractivity contribution in [2.75, 3.05) is 38.1 Å². The van der Waals surface area contributed by atoms with E-state index in [0.717, 1.165) is 37.6 Å². The summed E-state index contributed by atoms with van der Waals surface area (Å²) in [4.78, 5) is 36.4. The summed E-state index contributed by atoms with van der Waals surface area (Å²) < 4.78 is 1.28. The minimum Gasteiger partial charge on any atom is -0.354 e. The smallest absolute Gasteiger partial charge is 0.347 e. The lowest BCUT2D eigenvalue weighted by atomic mass is 10.2. The van der Waals surface area contributed by atoms with E-state index in [1.165, 1.54) is 10.8 Å². The third kappa shape index (κ3) is 4.42. The van der Waals surface area contributed by atoms with E-state index >= 15 is 0 Å². The van der Waals surface area contributed by atoms with Crippen molar-refractivity contribution in [3.8, 4) is 0 Å². The molecule has 0 radical (unpaired) electrons. The molecule has 25 heavy (non-hydrogen) atoms. The van der Waals surface area contributed by atoms with Crippen LogP contribution in [0.4, 0.5) is 5.82 Å². The van der Waals surface area contributed by atoms with Crippen molar-refractivity contribution in [2.24, 2.45) is 0 Å². The van der Waals surface area contributed by atoms with Gasteiger partial charge >= 0.3 is 5.69 Å². The summed E-state index contributed by atoms with van der Waals surface area (Å²) in [5.41, 5.74) is 0.538. The normalized spacial score (nSPS) is 15.2. The first-order chi connectivity index (χ1) is 12.1. The highest BCUT2D eigenvalue weighted by molar-refractivity contribution is 5.75. The summed E-state index contributed by atoms with van der Waals surface area (Å²) in [5.74, 6) is 0.678. The maximum atomic E-state index is 12.1. The second-order valence-electron chi connectivity index (χ2n) is 6.08. The highest BCUT2D eigenvalue weighted by Gasteiger charge is 2.18. The topological polar surface area (TPSA) is 83.4 Å². The van der Waals surface area contributed by atoms with Gasteiger partial charge in [-0.05, 0) is 19.2 Å². The molecule has 1 fully saturated rings. The van der Waals surface area contributed by atoms with Gasteiger partial charge in [-0.15, -0.1) is 0 Å². The summed E-state index contributed by atoms with van der Waals surface area (Å²) in [6.45, 7) is 4.15. The number of anilines is 1. The lowest BCUT2D eigenvalue weighted by Gasteiger charge is -2.34. The SMILES string of the molecule is CN1CCN(c2ncccc2CNC(=O)Cn2cccnc2=O)CC1. The number of piperazine rings is 1. The number of likely N-dealkylation sites (N-methyl/N-ethyl adjacent to an activating group) is 1. The molecule has 0 aromatic carbocycles. The minimum absolute atomic E-state index is 0.0449. The average Bonchev–Trinajstić information content (AvgIpc) is 2.63. The van der Waals surface area contributed by atoms with Gasteiger partial charge in [0.05, 0.1) is 0 Å². The Morgan fingerprint density at radius 3 is 2.68 bits per heavy atom. The maximum absolute atomic E-state index is 12.1. The van der Waals surface area contributed by atoms with E-state index in [1.54, 1.807) is 18.5 Å². The molecule has 0 bridgehead atoms. The fourth-order valence-corrected chi connectivity index (χ4v) is 2.78. The lowest BCUT2D eigenvalue weighted by Crippen LogP contribution is -2.45. The van der Waals surface area contributed by atoms with Gasteiger partial charge < -0.3 is 15.1 Å². The van der Waals surface area contributed by atoms with E-state index in [0.29, 0.717) is 6.54 Å². The molecular weight excluding hydrogens is 320 g/mol. The number of rotatable bonds is 5. The largest absolute Gasteiger partial charge is 0.354 e. The van der Waals surface area contributed by atoms with Crippen molar-refractivity contribution in [3.63, 3.8) is 0 Å². The van der Waals surface area contributed by atoms with Crippen LogP contribution in [0.3, 0.4) is 0 Å². The van der Waals surface area contributed by atoms with E-state index in [9.17, 15) is 9.59 Å². The number of hydrogen-bond donors (Lipinski definition) is 1. The van der Waals surface area contributed by atoms with E-state index < -0.39 is 5.69 Å². The van der Waals surface area contributed by atoms with Gasteiger partial charge in [-0.3, -0.25) is 9.36 Å². The monoisotopic (exact) mass is 342 g/mol. The van der Waals surface area contributed by atoms with Crippen LogP contribution in [0.2, 0.25) is 0 Å². The molecule has 1 aliphatic heterocycles. The molecule has 0 unspecified atom stereocenters.